The Hall–Kier alpha value is -0.290. The van der Waals surface area contributed by atoms with Crippen molar-refractivity contribution in [2.45, 2.75) is 31.9 Å². The van der Waals surface area contributed by atoms with E-state index in [2.05, 4.69) is 40.9 Å². The van der Waals surface area contributed by atoms with Crippen molar-refractivity contribution in [3.63, 3.8) is 0 Å². The molecule has 15 heavy (non-hydrogen) atoms. The number of hydrogen-bond acceptors (Lipinski definition) is 2. The Bertz CT molecular complexity index is 323. The molecule has 1 N–H and O–H groups in total. The average molecular weight is 317 g/mol. The maximum Gasteiger partial charge on any atom is 0.133 e. The van der Waals surface area contributed by atoms with Crippen LogP contribution in [0.2, 0.25) is 0 Å². The first-order valence-electron chi connectivity index (χ1n) is 5.44. The molecule has 0 heterocycles. The largest absolute Gasteiger partial charge is 0.489 e. The van der Waals surface area contributed by atoms with E-state index in [1.807, 2.05) is 18.2 Å². The van der Waals surface area contributed by atoms with E-state index in [-0.39, 0.29) is 0 Å². The van der Waals surface area contributed by atoms with Crippen molar-refractivity contribution in [3.8, 4) is 5.75 Å². The Labute approximate surface area is 105 Å². The molecule has 0 saturated heterocycles. The SMILES string of the molecule is CCNC1CC(Oc2ccccc2I)C1. The summed E-state index contributed by atoms with van der Waals surface area (Å²) in [5, 5.41) is 3.43. The maximum absolute atomic E-state index is 5.91. The number of halogens is 1. The van der Waals surface area contributed by atoms with E-state index in [0.717, 1.165) is 25.1 Å². The average Bonchev–Trinajstić information content (AvgIpc) is 2.18. The summed E-state index contributed by atoms with van der Waals surface area (Å²) in [5.74, 6) is 1.03. The van der Waals surface area contributed by atoms with Gasteiger partial charge in [0.15, 0.2) is 0 Å². The summed E-state index contributed by atoms with van der Waals surface area (Å²) in [5.41, 5.74) is 0. The monoisotopic (exact) mass is 317 g/mol. The van der Waals surface area contributed by atoms with Gasteiger partial charge in [0.1, 0.15) is 11.9 Å². The van der Waals surface area contributed by atoms with Gasteiger partial charge in [0, 0.05) is 6.04 Å². The summed E-state index contributed by atoms with van der Waals surface area (Å²) in [6.07, 6.45) is 2.68. The van der Waals surface area contributed by atoms with Crippen LogP contribution in [-0.2, 0) is 0 Å². The number of ether oxygens (including phenoxy) is 1. The van der Waals surface area contributed by atoms with Crippen molar-refractivity contribution >= 4 is 22.6 Å². The van der Waals surface area contributed by atoms with Crippen LogP contribution in [0.1, 0.15) is 19.8 Å². The zero-order valence-electron chi connectivity index (χ0n) is 8.87. The lowest BCUT2D eigenvalue weighted by atomic mass is 9.89. The van der Waals surface area contributed by atoms with Crippen LogP contribution in [0.3, 0.4) is 0 Å². The van der Waals surface area contributed by atoms with Gasteiger partial charge in [-0.1, -0.05) is 19.1 Å². The fraction of sp³-hybridized carbons (Fsp3) is 0.500. The van der Waals surface area contributed by atoms with Gasteiger partial charge in [-0.2, -0.15) is 0 Å². The van der Waals surface area contributed by atoms with Gasteiger partial charge in [-0.05, 0) is 54.1 Å². The fourth-order valence-corrected chi connectivity index (χ4v) is 2.35. The number of benzene rings is 1. The number of nitrogens with one attached hydrogen (secondary N) is 1. The molecule has 0 amide bonds. The second-order valence-electron chi connectivity index (χ2n) is 3.90. The van der Waals surface area contributed by atoms with Gasteiger partial charge in [0.05, 0.1) is 3.57 Å². The first-order chi connectivity index (χ1) is 7.29. The summed E-state index contributed by atoms with van der Waals surface area (Å²) >= 11 is 2.32. The topological polar surface area (TPSA) is 21.3 Å². The Morgan fingerprint density at radius 2 is 2.13 bits per heavy atom. The van der Waals surface area contributed by atoms with Gasteiger partial charge >= 0.3 is 0 Å². The van der Waals surface area contributed by atoms with Crippen LogP contribution in [0, 0.1) is 3.57 Å². The molecule has 1 fully saturated rings. The molecule has 0 aliphatic heterocycles. The Kier molecular flexibility index (Phi) is 3.86. The fourth-order valence-electron chi connectivity index (χ4n) is 1.84. The molecule has 0 bridgehead atoms. The predicted molar refractivity (Wildman–Crippen MR) is 70.3 cm³/mol. The predicted octanol–water partition coefficient (Wildman–Crippen LogP) is 2.81. The van der Waals surface area contributed by atoms with Crippen molar-refractivity contribution in [2.24, 2.45) is 0 Å². The molecule has 2 rings (SSSR count). The normalized spacial score (nSPS) is 24.7. The van der Waals surface area contributed by atoms with Gasteiger partial charge in [0.25, 0.3) is 0 Å². The Balaban J connectivity index is 1.82. The molecule has 0 radical (unpaired) electrons. The molecule has 1 aliphatic rings. The molecule has 3 heteroatoms. The zero-order chi connectivity index (χ0) is 10.7. The lowest BCUT2D eigenvalue weighted by molar-refractivity contribution is 0.0851. The van der Waals surface area contributed by atoms with Crippen LogP contribution < -0.4 is 10.1 Å². The number of para-hydroxylation sites is 1. The van der Waals surface area contributed by atoms with Crippen LogP contribution >= 0.6 is 22.6 Å². The zero-order valence-corrected chi connectivity index (χ0v) is 11.0. The van der Waals surface area contributed by atoms with Crippen LogP contribution in [0.5, 0.6) is 5.75 Å². The molecular formula is C12H16INO. The van der Waals surface area contributed by atoms with Gasteiger partial charge in [-0.3, -0.25) is 0 Å². The molecule has 82 valence electrons. The smallest absolute Gasteiger partial charge is 0.133 e. The van der Waals surface area contributed by atoms with Gasteiger partial charge < -0.3 is 10.1 Å². The van der Waals surface area contributed by atoms with E-state index >= 15 is 0 Å². The first kappa shape index (κ1) is 11.2. The van der Waals surface area contributed by atoms with E-state index in [9.17, 15) is 0 Å². The summed E-state index contributed by atoms with van der Waals surface area (Å²) in [4.78, 5) is 0. The highest BCUT2D eigenvalue weighted by Gasteiger charge is 2.30. The molecule has 1 aromatic carbocycles. The first-order valence-corrected chi connectivity index (χ1v) is 6.52. The maximum atomic E-state index is 5.91. The van der Waals surface area contributed by atoms with E-state index < -0.39 is 0 Å². The lowest BCUT2D eigenvalue weighted by Gasteiger charge is -2.36. The van der Waals surface area contributed by atoms with Crippen molar-refractivity contribution in [3.05, 3.63) is 27.8 Å². The Morgan fingerprint density at radius 3 is 2.80 bits per heavy atom. The third-order valence-electron chi connectivity index (χ3n) is 2.72. The minimum Gasteiger partial charge on any atom is -0.489 e. The highest BCUT2D eigenvalue weighted by molar-refractivity contribution is 14.1. The number of rotatable bonds is 4. The number of hydrogen-bond donors (Lipinski definition) is 1. The molecule has 0 aromatic heterocycles. The standard InChI is InChI=1S/C12H16INO/c1-2-14-9-7-10(8-9)15-12-6-4-3-5-11(12)13/h3-6,9-10,14H,2,7-8H2,1H3. The summed E-state index contributed by atoms with van der Waals surface area (Å²) < 4.78 is 7.11. The van der Waals surface area contributed by atoms with E-state index in [1.54, 1.807) is 0 Å². The molecule has 1 saturated carbocycles. The quantitative estimate of drug-likeness (QED) is 0.862. The van der Waals surface area contributed by atoms with E-state index in [4.69, 9.17) is 4.74 Å². The molecule has 0 spiro atoms. The van der Waals surface area contributed by atoms with Gasteiger partial charge in [-0.15, -0.1) is 0 Å². The van der Waals surface area contributed by atoms with Crippen LogP contribution in [0.4, 0.5) is 0 Å². The second-order valence-corrected chi connectivity index (χ2v) is 5.06. The summed E-state index contributed by atoms with van der Waals surface area (Å²) in [6, 6.07) is 8.86. The highest BCUT2D eigenvalue weighted by atomic mass is 127. The summed E-state index contributed by atoms with van der Waals surface area (Å²) in [6.45, 7) is 3.20. The molecule has 2 nitrogen and oxygen atoms in total. The van der Waals surface area contributed by atoms with Crippen molar-refractivity contribution in [2.75, 3.05) is 6.54 Å². The van der Waals surface area contributed by atoms with Gasteiger partial charge in [-0.25, -0.2) is 0 Å². The van der Waals surface area contributed by atoms with Crippen molar-refractivity contribution < 1.29 is 4.74 Å². The molecule has 0 unspecified atom stereocenters. The second kappa shape index (κ2) is 5.16. The third-order valence-corrected chi connectivity index (χ3v) is 3.61. The van der Waals surface area contributed by atoms with E-state index in [1.165, 1.54) is 3.57 Å². The minimum absolute atomic E-state index is 0.407. The summed E-state index contributed by atoms with van der Waals surface area (Å²) in [7, 11) is 0. The van der Waals surface area contributed by atoms with E-state index in [0.29, 0.717) is 12.1 Å². The van der Waals surface area contributed by atoms with Crippen LogP contribution in [0.15, 0.2) is 24.3 Å². The Morgan fingerprint density at radius 1 is 1.40 bits per heavy atom. The highest BCUT2D eigenvalue weighted by Crippen LogP contribution is 2.28. The van der Waals surface area contributed by atoms with Crippen molar-refractivity contribution in [1.29, 1.82) is 0 Å². The van der Waals surface area contributed by atoms with Crippen LogP contribution in [0.25, 0.3) is 0 Å². The van der Waals surface area contributed by atoms with Gasteiger partial charge in [0.2, 0.25) is 0 Å². The lowest BCUT2D eigenvalue weighted by Crippen LogP contribution is -2.46. The van der Waals surface area contributed by atoms with Crippen molar-refractivity contribution in [1.82, 2.24) is 5.32 Å². The molecular weight excluding hydrogens is 301 g/mol. The molecule has 1 aliphatic carbocycles. The molecule has 0 atom stereocenters. The minimum atomic E-state index is 0.407. The third kappa shape index (κ3) is 2.84. The molecule has 1 aromatic rings. The van der Waals surface area contributed by atoms with Crippen LogP contribution in [-0.4, -0.2) is 18.7 Å².